The minimum Gasteiger partial charge on any atom is -0.384 e. The Kier molecular flexibility index (Phi) is 4.06. The van der Waals surface area contributed by atoms with E-state index >= 15 is 0 Å². The fraction of sp³-hybridized carbons (Fsp3) is 0.455. The summed E-state index contributed by atoms with van der Waals surface area (Å²) in [5, 5.41) is 4.76. The lowest BCUT2D eigenvalue weighted by Gasteiger charge is -2.12. The topological polar surface area (TPSA) is 12.0 Å². The first-order chi connectivity index (χ1) is 7.25. The summed E-state index contributed by atoms with van der Waals surface area (Å²) >= 11 is 13.9. The summed E-state index contributed by atoms with van der Waals surface area (Å²) in [4.78, 5) is 0. The average molecular weight is 262 g/mol. The Morgan fingerprint density at radius 2 is 2.27 bits per heavy atom. The molecule has 15 heavy (non-hydrogen) atoms. The van der Waals surface area contributed by atoms with Gasteiger partial charge in [0.15, 0.2) is 0 Å². The Balaban J connectivity index is 1.92. The van der Waals surface area contributed by atoms with Gasteiger partial charge in [0.25, 0.3) is 0 Å². The fourth-order valence-electron chi connectivity index (χ4n) is 1.63. The van der Waals surface area contributed by atoms with Crippen LogP contribution in [0.5, 0.6) is 0 Å². The molecule has 1 heterocycles. The molecule has 1 fully saturated rings. The van der Waals surface area contributed by atoms with E-state index in [2.05, 4.69) is 5.32 Å². The summed E-state index contributed by atoms with van der Waals surface area (Å²) in [6.45, 7) is 1.01. The van der Waals surface area contributed by atoms with E-state index in [1.807, 2.05) is 23.9 Å². The van der Waals surface area contributed by atoms with Crippen molar-refractivity contribution in [3.63, 3.8) is 0 Å². The van der Waals surface area contributed by atoms with Crippen molar-refractivity contribution in [2.45, 2.75) is 6.42 Å². The Morgan fingerprint density at radius 1 is 1.40 bits per heavy atom. The first kappa shape index (κ1) is 11.4. The zero-order valence-electron chi connectivity index (χ0n) is 8.30. The van der Waals surface area contributed by atoms with Gasteiger partial charge in [0.05, 0.1) is 10.7 Å². The van der Waals surface area contributed by atoms with Gasteiger partial charge in [-0.1, -0.05) is 23.2 Å². The molecule has 1 nitrogen and oxygen atoms in total. The molecule has 0 radical (unpaired) electrons. The Labute approximate surface area is 105 Å². The molecule has 1 unspecified atom stereocenters. The second-order valence-electron chi connectivity index (χ2n) is 3.73. The molecule has 4 heteroatoms. The number of halogens is 2. The number of benzene rings is 1. The molecule has 0 bridgehead atoms. The molecule has 1 aliphatic heterocycles. The van der Waals surface area contributed by atoms with E-state index in [1.54, 1.807) is 6.07 Å². The molecule has 0 saturated carbocycles. The second kappa shape index (κ2) is 5.33. The monoisotopic (exact) mass is 261 g/mol. The highest BCUT2D eigenvalue weighted by Crippen LogP contribution is 2.27. The lowest BCUT2D eigenvalue weighted by atomic mass is 10.1. The summed E-state index contributed by atoms with van der Waals surface area (Å²) in [7, 11) is 0. The molecule has 1 saturated heterocycles. The Hall–Kier alpha value is -0.0500. The molecular weight excluding hydrogens is 249 g/mol. The van der Waals surface area contributed by atoms with E-state index in [4.69, 9.17) is 23.2 Å². The Morgan fingerprint density at radius 3 is 2.93 bits per heavy atom. The normalized spacial score (nSPS) is 20.5. The molecule has 1 aromatic carbocycles. The maximum Gasteiger partial charge on any atom is 0.0652 e. The molecule has 0 spiro atoms. The minimum absolute atomic E-state index is 0.682. The van der Waals surface area contributed by atoms with Crippen LogP contribution in [0.2, 0.25) is 10.0 Å². The maximum atomic E-state index is 6.06. The smallest absolute Gasteiger partial charge is 0.0652 e. The van der Waals surface area contributed by atoms with Crippen LogP contribution in [0.4, 0.5) is 5.69 Å². The highest BCUT2D eigenvalue weighted by Gasteiger charge is 2.15. The third-order valence-corrected chi connectivity index (χ3v) is 4.32. The van der Waals surface area contributed by atoms with Gasteiger partial charge in [-0.25, -0.2) is 0 Å². The van der Waals surface area contributed by atoms with Crippen LogP contribution in [-0.4, -0.2) is 18.1 Å². The predicted molar refractivity (Wildman–Crippen MR) is 70.4 cm³/mol. The number of nitrogens with one attached hydrogen (secondary N) is 1. The number of hydrogen-bond acceptors (Lipinski definition) is 2. The first-order valence-electron chi connectivity index (χ1n) is 5.02. The van der Waals surface area contributed by atoms with Crippen molar-refractivity contribution >= 4 is 40.7 Å². The van der Waals surface area contributed by atoms with E-state index in [9.17, 15) is 0 Å². The van der Waals surface area contributed by atoms with Crippen molar-refractivity contribution in [2.75, 3.05) is 23.4 Å². The third kappa shape index (κ3) is 3.20. The summed E-state index contributed by atoms with van der Waals surface area (Å²) in [5.74, 6) is 3.33. The van der Waals surface area contributed by atoms with Crippen LogP contribution in [-0.2, 0) is 0 Å². The zero-order valence-corrected chi connectivity index (χ0v) is 10.6. The summed E-state index contributed by atoms with van der Waals surface area (Å²) in [6, 6.07) is 5.57. The highest BCUT2D eigenvalue weighted by molar-refractivity contribution is 7.99. The molecule has 0 amide bonds. The quantitative estimate of drug-likeness (QED) is 0.877. The molecule has 82 valence electrons. The van der Waals surface area contributed by atoms with E-state index in [-0.39, 0.29) is 0 Å². The van der Waals surface area contributed by atoms with Crippen LogP contribution in [0.25, 0.3) is 0 Å². The third-order valence-electron chi connectivity index (χ3n) is 2.54. The lowest BCUT2D eigenvalue weighted by molar-refractivity contribution is 0.632. The predicted octanol–water partition coefficient (Wildman–Crippen LogP) is 4.16. The number of thioether (sulfide) groups is 1. The van der Waals surface area contributed by atoms with E-state index in [0.717, 1.165) is 18.2 Å². The van der Waals surface area contributed by atoms with Crippen molar-refractivity contribution < 1.29 is 0 Å². The zero-order chi connectivity index (χ0) is 10.7. The first-order valence-corrected chi connectivity index (χ1v) is 6.93. The molecule has 1 aliphatic rings. The van der Waals surface area contributed by atoms with Crippen molar-refractivity contribution in [1.29, 1.82) is 0 Å². The number of anilines is 1. The minimum atomic E-state index is 0.682. The van der Waals surface area contributed by atoms with E-state index in [1.165, 1.54) is 17.9 Å². The van der Waals surface area contributed by atoms with E-state index in [0.29, 0.717) is 10.0 Å². The maximum absolute atomic E-state index is 6.06. The van der Waals surface area contributed by atoms with Gasteiger partial charge in [-0.05, 0) is 42.0 Å². The average Bonchev–Trinajstić information content (AvgIpc) is 2.69. The molecule has 1 N–H and O–H groups in total. The molecule has 1 atom stereocenters. The van der Waals surface area contributed by atoms with Crippen LogP contribution in [0.15, 0.2) is 18.2 Å². The van der Waals surface area contributed by atoms with Crippen LogP contribution in [0, 0.1) is 5.92 Å². The van der Waals surface area contributed by atoms with Crippen molar-refractivity contribution in [3.05, 3.63) is 28.2 Å². The van der Waals surface area contributed by atoms with Crippen molar-refractivity contribution in [2.24, 2.45) is 5.92 Å². The van der Waals surface area contributed by atoms with E-state index < -0.39 is 0 Å². The molecule has 1 aromatic rings. The van der Waals surface area contributed by atoms with Crippen LogP contribution < -0.4 is 5.32 Å². The Bertz CT molecular complexity index is 337. The standard InChI is InChI=1S/C11H13Cl2NS/c12-9-1-2-11(10(13)5-9)14-6-8-3-4-15-7-8/h1-2,5,8,14H,3-4,6-7H2. The number of rotatable bonds is 3. The highest BCUT2D eigenvalue weighted by atomic mass is 35.5. The SMILES string of the molecule is Clc1ccc(NCC2CCSC2)c(Cl)c1. The van der Waals surface area contributed by atoms with Crippen LogP contribution >= 0.6 is 35.0 Å². The van der Waals surface area contributed by atoms with Gasteiger partial charge in [0, 0.05) is 11.6 Å². The molecule has 0 aliphatic carbocycles. The molecule has 2 rings (SSSR count). The van der Waals surface area contributed by atoms with Gasteiger partial charge < -0.3 is 5.32 Å². The van der Waals surface area contributed by atoms with Gasteiger partial charge in [-0.2, -0.15) is 11.8 Å². The summed E-state index contributed by atoms with van der Waals surface area (Å²) < 4.78 is 0. The second-order valence-corrected chi connectivity index (χ2v) is 5.73. The fourth-order valence-corrected chi connectivity index (χ4v) is 3.39. The van der Waals surface area contributed by atoms with Crippen LogP contribution in [0.1, 0.15) is 6.42 Å². The van der Waals surface area contributed by atoms with Gasteiger partial charge >= 0.3 is 0 Å². The van der Waals surface area contributed by atoms with Gasteiger partial charge in [0.1, 0.15) is 0 Å². The van der Waals surface area contributed by atoms with Gasteiger partial charge in [-0.15, -0.1) is 0 Å². The van der Waals surface area contributed by atoms with Gasteiger partial charge in [0.2, 0.25) is 0 Å². The van der Waals surface area contributed by atoms with Crippen LogP contribution in [0.3, 0.4) is 0 Å². The lowest BCUT2D eigenvalue weighted by Crippen LogP contribution is -2.13. The largest absolute Gasteiger partial charge is 0.384 e. The van der Waals surface area contributed by atoms with Gasteiger partial charge in [-0.3, -0.25) is 0 Å². The summed E-state index contributed by atoms with van der Waals surface area (Å²) in [5.41, 5.74) is 0.984. The van der Waals surface area contributed by atoms with Crippen molar-refractivity contribution in [3.8, 4) is 0 Å². The number of hydrogen-bond donors (Lipinski definition) is 1. The molecule has 0 aromatic heterocycles. The van der Waals surface area contributed by atoms with Crippen molar-refractivity contribution in [1.82, 2.24) is 0 Å². The molecular formula is C11H13Cl2NS. The summed E-state index contributed by atoms with van der Waals surface area (Å²) in [6.07, 6.45) is 1.31.